The van der Waals surface area contributed by atoms with Crippen molar-refractivity contribution < 1.29 is 0 Å². The van der Waals surface area contributed by atoms with Gasteiger partial charge >= 0.3 is 0 Å². The predicted molar refractivity (Wildman–Crippen MR) is 77.6 cm³/mol. The maximum Gasteiger partial charge on any atom is 0.0223 e. The van der Waals surface area contributed by atoms with E-state index in [1.807, 2.05) is 0 Å². The van der Waals surface area contributed by atoms with Gasteiger partial charge in [-0.15, -0.1) is 0 Å². The van der Waals surface area contributed by atoms with Gasteiger partial charge in [-0.05, 0) is 43.7 Å². The maximum atomic E-state index is 3.71. The van der Waals surface area contributed by atoms with Crippen LogP contribution in [0.5, 0.6) is 0 Å². The van der Waals surface area contributed by atoms with E-state index in [1.54, 1.807) is 0 Å². The quantitative estimate of drug-likeness (QED) is 0.806. The zero-order chi connectivity index (χ0) is 12.8. The molecule has 0 saturated heterocycles. The highest BCUT2D eigenvalue weighted by atomic mass is 15.0. The number of hydrogen-bond donors (Lipinski definition) is 1. The molecule has 2 rings (SSSR count). The van der Waals surface area contributed by atoms with Gasteiger partial charge in [-0.2, -0.15) is 0 Å². The van der Waals surface area contributed by atoms with E-state index in [9.17, 15) is 0 Å². The van der Waals surface area contributed by atoms with E-state index in [0.717, 1.165) is 19.0 Å². The second-order valence-corrected chi connectivity index (χ2v) is 5.83. The molecule has 1 atom stereocenters. The Kier molecular flexibility index (Phi) is 5.30. The summed E-state index contributed by atoms with van der Waals surface area (Å²) in [5.74, 6) is 0.900. The zero-order valence-corrected chi connectivity index (χ0v) is 12.0. The number of aromatic nitrogens is 1. The summed E-state index contributed by atoms with van der Waals surface area (Å²) < 4.78 is 2.29. The lowest BCUT2D eigenvalue weighted by Gasteiger charge is -2.28. The highest BCUT2D eigenvalue weighted by Crippen LogP contribution is 2.26. The molecule has 0 unspecified atom stereocenters. The minimum atomic E-state index is 0.667. The smallest absolute Gasteiger partial charge is 0.0223 e. The first-order valence-corrected chi connectivity index (χ1v) is 7.67. The van der Waals surface area contributed by atoms with Gasteiger partial charge in [0.05, 0.1) is 0 Å². The van der Waals surface area contributed by atoms with Gasteiger partial charge in [0.2, 0.25) is 0 Å². The Morgan fingerprint density at radius 1 is 1.33 bits per heavy atom. The summed E-state index contributed by atoms with van der Waals surface area (Å²) in [6.45, 7) is 6.74. The van der Waals surface area contributed by atoms with Crippen molar-refractivity contribution in [3.8, 4) is 0 Å². The number of nitrogens with one attached hydrogen (secondary N) is 1. The summed E-state index contributed by atoms with van der Waals surface area (Å²) in [4.78, 5) is 0. The first-order chi connectivity index (χ1) is 8.79. The molecule has 1 aliphatic rings. The average molecular weight is 248 g/mol. The predicted octanol–water partition coefficient (Wildman–Crippen LogP) is 3.96. The van der Waals surface area contributed by atoms with Crippen LogP contribution in [-0.4, -0.2) is 10.6 Å². The van der Waals surface area contributed by atoms with Crippen LogP contribution in [0, 0.1) is 5.92 Å². The molecule has 1 saturated carbocycles. The van der Waals surface area contributed by atoms with Crippen molar-refractivity contribution in [3.63, 3.8) is 0 Å². The summed E-state index contributed by atoms with van der Waals surface area (Å²) in [6.07, 6.45) is 12.8. The van der Waals surface area contributed by atoms with Gasteiger partial charge in [0.25, 0.3) is 0 Å². The Hall–Kier alpha value is -0.760. The molecule has 102 valence electrons. The molecule has 0 amide bonds. The van der Waals surface area contributed by atoms with Crippen molar-refractivity contribution in [1.29, 1.82) is 0 Å². The zero-order valence-electron chi connectivity index (χ0n) is 12.0. The first-order valence-electron chi connectivity index (χ1n) is 7.67. The van der Waals surface area contributed by atoms with Crippen molar-refractivity contribution in [3.05, 3.63) is 24.0 Å². The van der Waals surface area contributed by atoms with Crippen molar-refractivity contribution in [2.24, 2.45) is 5.92 Å². The third-order valence-electron chi connectivity index (χ3n) is 4.28. The molecular formula is C16H28N2. The van der Waals surface area contributed by atoms with E-state index in [4.69, 9.17) is 0 Å². The third-order valence-corrected chi connectivity index (χ3v) is 4.28. The highest BCUT2D eigenvalue weighted by Gasteiger charge is 2.19. The van der Waals surface area contributed by atoms with Crippen LogP contribution < -0.4 is 5.32 Å². The second kappa shape index (κ2) is 6.98. The molecule has 1 fully saturated rings. The Morgan fingerprint density at radius 2 is 2.11 bits per heavy atom. The fraction of sp³-hybridized carbons (Fsp3) is 0.750. The van der Waals surface area contributed by atoms with Gasteiger partial charge in [-0.25, -0.2) is 0 Å². The van der Waals surface area contributed by atoms with E-state index in [1.165, 1.54) is 44.1 Å². The van der Waals surface area contributed by atoms with E-state index in [2.05, 4.69) is 42.2 Å². The topological polar surface area (TPSA) is 17.0 Å². The lowest BCUT2D eigenvalue weighted by atomic mass is 9.84. The summed E-state index contributed by atoms with van der Waals surface area (Å²) in [5.41, 5.74) is 1.42. The van der Waals surface area contributed by atoms with Gasteiger partial charge in [-0.1, -0.05) is 26.2 Å². The summed E-state index contributed by atoms with van der Waals surface area (Å²) in [5, 5.41) is 3.71. The lowest BCUT2D eigenvalue weighted by molar-refractivity contribution is 0.280. The monoisotopic (exact) mass is 248 g/mol. The van der Waals surface area contributed by atoms with Gasteiger partial charge < -0.3 is 9.88 Å². The van der Waals surface area contributed by atoms with Crippen LogP contribution in [-0.2, 0) is 13.1 Å². The Balaban J connectivity index is 1.75. The van der Waals surface area contributed by atoms with Gasteiger partial charge in [0.1, 0.15) is 0 Å². The summed E-state index contributed by atoms with van der Waals surface area (Å²) in [6, 6.07) is 2.91. The Bertz CT molecular complexity index is 337. The van der Waals surface area contributed by atoms with Crippen LogP contribution in [0.15, 0.2) is 18.5 Å². The largest absolute Gasteiger partial charge is 0.354 e. The molecule has 0 aromatic carbocycles. The minimum absolute atomic E-state index is 0.667. The van der Waals surface area contributed by atoms with Crippen LogP contribution in [0.3, 0.4) is 0 Å². The molecule has 0 aliphatic heterocycles. The fourth-order valence-corrected chi connectivity index (χ4v) is 3.07. The number of nitrogens with zero attached hydrogens (tertiary/aromatic N) is 1. The van der Waals surface area contributed by atoms with E-state index in [0.29, 0.717) is 6.04 Å². The highest BCUT2D eigenvalue weighted by molar-refractivity contribution is 5.10. The van der Waals surface area contributed by atoms with Gasteiger partial charge in [0, 0.05) is 31.5 Å². The van der Waals surface area contributed by atoms with Crippen LogP contribution in [0.4, 0.5) is 0 Å². The van der Waals surface area contributed by atoms with Crippen LogP contribution in [0.25, 0.3) is 0 Å². The number of rotatable bonds is 6. The summed E-state index contributed by atoms with van der Waals surface area (Å²) in [7, 11) is 0. The molecule has 1 aromatic rings. The van der Waals surface area contributed by atoms with E-state index in [-0.39, 0.29) is 0 Å². The molecule has 1 aromatic heterocycles. The first kappa shape index (κ1) is 13.7. The minimum Gasteiger partial charge on any atom is -0.354 e. The molecule has 0 radical (unpaired) electrons. The summed E-state index contributed by atoms with van der Waals surface area (Å²) >= 11 is 0. The standard InChI is InChI=1S/C16H28N2/c1-3-10-18-11-9-15(13-18)12-17-14(2)16-7-5-4-6-8-16/h9,11,13-14,16-17H,3-8,10,12H2,1-2H3/t14-/m0/s1. The lowest BCUT2D eigenvalue weighted by Crippen LogP contribution is -2.34. The maximum absolute atomic E-state index is 3.71. The van der Waals surface area contributed by atoms with Gasteiger partial charge in [0.15, 0.2) is 0 Å². The van der Waals surface area contributed by atoms with Crippen molar-refractivity contribution >= 4 is 0 Å². The second-order valence-electron chi connectivity index (χ2n) is 5.83. The van der Waals surface area contributed by atoms with Crippen molar-refractivity contribution in [1.82, 2.24) is 9.88 Å². The molecule has 1 aliphatic carbocycles. The Morgan fingerprint density at radius 3 is 2.83 bits per heavy atom. The molecule has 1 heterocycles. The molecule has 0 spiro atoms. The number of hydrogen-bond acceptors (Lipinski definition) is 1. The van der Waals surface area contributed by atoms with Gasteiger partial charge in [-0.3, -0.25) is 0 Å². The molecular weight excluding hydrogens is 220 g/mol. The van der Waals surface area contributed by atoms with E-state index < -0.39 is 0 Å². The van der Waals surface area contributed by atoms with Crippen LogP contribution in [0.1, 0.15) is 57.9 Å². The van der Waals surface area contributed by atoms with Crippen molar-refractivity contribution in [2.45, 2.75) is 71.5 Å². The fourth-order valence-electron chi connectivity index (χ4n) is 3.07. The SMILES string of the molecule is CCCn1ccc(CN[C@@H](C)C2CCCCC2)c1. The Labute approximate surface area is 112 Å². The van der Waals surface area contributed by atoms with Crippen LogP contribution >= 0.6 is 0 Å². The molecule has 2 nitrogen and oxygen atoms in total. The normalized spacial score (nSPS) is 19.0. The third kappa shape index (κ3) is 3.88. The van der Waals surface area contributed by atoms with E-state index >= 15 is 0 Å². The molecule has 0 bridgehead atoms. The molecule has 18 heavy (non-hydrogen) atoms. The molecule has 2 heteroatoms. The van der Waals surface area contributed by atoms with Crippen LogP contribution in [0.2, 0.25) is 0 Å². The average Bonchev–Trinajstić information content (AvgIpc) is 2.85. The number of aryl methyl sites for hydroxylation is 1. The van der Waals surface area contributed by atoms with Crippen molar-refractivity contribution in [2.75, 3.05) is 0 Å². The molecule has 1 N–H and O–H groups in total.